The molecule has 0 N–H and O–H groups in total. The Hall–Kier alpha value is -2.09. The molecule has 0 aliphatic rings. The molecule has 8 heteroatoms. The van der Waals surface area contributed by atoms with Crippen molar-refractivity contribution < 1.29 is 13.1 Å². The molecule has 0 radical (unpaired) electrons. The highest BCUT2D eigenvalue weighted by Crippen LogP contribution is 2.13. The lowest BCUT2D eigenvalue weighted by molar-refractivity contribution is -0.608. The summed E-state index contributed by atoms with van der Waals surface area (Å²) in [4.78, 5) is 10.9. The molecule has 0 spiro atoms. The van der Waals surface area contributed by atoms with E-state index in [4.69, 9.17) is 0 Å². The fraction of sp³-hybridized carbons (Fsp3) is 0. The highest BCUT2D eigenvalue weighted by Gasteiger charge is 2.23. The van der Waals surface area contributed by atoms with Gasteiger partial charge in [-0.15, -0.1) is 0 Å². The minimum atomic E-state index is -3.87. The van der Waals surface area contributed by atoms with Crippen molar-refractivity contribution in [2.24, 2.45) is 0 Å². The van der Waals surface area contributed by atoms with E-state index in [1.165, 1.54) is 12.4 Å². The maximum absolute atomic E-state index is 11.9. The third kappa shape index (κ3) is 1.82. The van der Waals surface area contributed by atoms with E-state index in [0.29, 0.717) is 4.73 Å². The molecule has 0 amide bonds. The molecule has 0 saturated carbocycles. The Labute approximate surface area is 91.0 Å². The van der Waals surface area contributed by atoms with Gasteiger partial charge in [0.05, 0.1) is 12.4 Å². The van der Waals surface area contributed by atoms with E-state index in [2.05, 4.69) is 15.0 Å². The van der Waals surface area contributed by atoms with Crippen molar-refractivity contribution in [2.75, 3.05) is 0 Å². The van der Waals surface area contributed by atoms with Crippen LogP contribution in [0, 0.1) is 5.21 Å². The molecular weight excluding hydrogens is 232 g/mol. The summed E-state index contributed by atoms with van der Waals surface area (Å²) >= 11 is 0. The van der Waals surface area contributed by atoms with Crippen molar-refractivity contribution in [3.05, 3.63) is 42.4 Å². The van der Waals surface area contributed by atoms with Gasteiger partial charge in [0, 0.05) is 12.4 Å². The van der Waals surface area contributed by atoms with Gasteiger partial charge in [0.15, 0.2) is 11.2 Å². The molecule has 0 fully saturated rings. The lowest BCUT2D eigenvalue weighted by Gasteiger charge is -2.01. The molecule has 7 nitrogen and oxygen atoms in total. The van der Waals surface area contributed by atoms with E-state index in [0.717, 1.165) is 24.8 Å². The van der Waals surface area contributed by atoms with Crippen LogP contribution in [0.1, 0.15) is 0 Å². The molecular formula is C8H6N4O3S. The summed E-state index contributed by atoms with van der Waals surface area (Å²) in [6.45, 7) is 0. The molecule has 0 bridgehead atoms. The molecule has 0 unspecified atom stereocenters. The van der Waals surface area contributed by atoms with Crippen molar-refractivity contribution >= 4 is 9.84 Å². The highest BCUT2D eigenvalue weighted by atomic mass is 32.2. The predicted molar refractivity (Wildman–Crippen MR) is 50.7 cm³/mol. The quantitative estimate of drug-likeness (QED) is 0.508. The maximum Gasteiger partial charge on any atom is 0.248 e. The molecule has 0 saturated heterocycles. The van der Waals surface area contributed by atoms with E-state index >= 15 is 0 Å². The van der Waals surface area contributed by atoms with E-state index in [-0.39, 0.29) is 10.1 Å². The Morgan fingerprint density at radius 2 is 1.88 bits per heavy atom. The van der Waals surface area contributed by atoms with Gasteiger partial charge in [-0.25, -0.2) is 18.4 Å². The normalized spacial score (nSPS) is 11.2. The second-order valence-electron chi connectivity index (χ2n) is 2.80. The van der Waals surface area contributed by atoms with Gasteiger partial charge in [0.2, 0.25) is 21.1 Å². The highest BCUT2D eigenvalue weighted by molar-refractivity contribution is 7.91. The number of sulfone groups is 1. The predicted octanol–water partition coefficient (Wildman–Crippen LogP) is -0.662. The molecule has 82 valence electrons. The van der Waals surface area contributed by atoms with Crippen LogP contribution in [0.4, 0.5) is 0 Å². The van der Waals surface area contributed by atoms with Crippen molar-refractivity contribution in [1.82, 2.24) is 15.0 Å². The van der Waals surface area contributed by atoms with Crippen molar-refractivity contribution in [1.29, 1.82) is 0 Å². The zero-order chi connectivity index (χ0) is 11.6. The van der Waals surface area contributed by atoms with Gasteiger partial charge in [-0.05, 0) is 0 Å². The zero-order valence-corrected chi connectivity index (χ0v) is 8.70. The average molecular weight is 238 g/mol. The Morgan fingerprint density at radius 1 is 1.12 bits per heavy atom. The van der Waals surface area contributed by atoms with Crippen LogP contribution in [0.3, 0.4) is 0 Å². The van der Waals surface area contributed by atoms with Crippen LogP contribution in [0.2, 0.25) is 0 Å². The minimum Gasteiger partial charge on any atom is -0.619 e. The molecule has 0 aliphatic carbocycles. The van der Waals surface area contributed by atoms with Crippen LogP contribution in [0.25, 0.3) is 0 Å². The molecule has 2 heterocycles. The number of hydrogen-bond acceptors (Lipinski definition) is 6. The third-order valence-corrected chi connectivity index (χ3v) is 3.27. The van der Waals surface area contributed by atoms with Crippen molar-refractivity contribution in [3.8, 4) is 0 Å². The molecule has 0 aliphatic heterocycles. The van der Waals surface area contributed by atoms with Crippen LogP contribution in [0.15, 0.2) is 47.2 Å². The topological polar surface area (TPSA) is 99.8 Å². The van der Waals surface area contributed by atoms with Crippen LogP contribution < -0.4 is 4.73 Å². The van der Waals surface area contributed by atoms with Crippen LogP contribution >= 0.6 is 0 Å². The van der Waals surface area contributed by atoms with Gasteiger partial charge in [-0.1, -0.05) is 0 Å². The molecule has 16 heavy (non-hydrogen) atoms. The molecule has 0 atom stereocenters. The Kier molecular flexibility index (Phi) is 2.49. The number of hydrogen-bond donors (Lipinski definition) is 0. The average Bonchev–Trinajstić information content (AvgIpc) is 2.30. The summed E-state index contributed by atoms with van der Waals surface area (Å²) in [5.74, 6) is 0. The second-order valence-corrected chi connectivity index (χ2v) is 4.64. The fourth-order valence-electron chi connectivity index (χ4n) is 1.03. The van der Waals surface area contributed by atoms with Gasteiger partial charge >= 0.3 is 0 Å². The number of aromatic nitrogens is 4. The minimum absolute atomic E-state index is 0.242. The first-order chi connectivity index (χ1) is 7.60. The van der Waals surface area contributed by atoms with Crippen molar-refractivity contribution in [3.63, 3.8) is 0 Å². The van der Waals surface area contributed by atoms with Gasteiger partial charge < -0.3 is 5.21 Å². The summed E-state index contributed by atoms with van der Waals surface area (Å²) in [7, 11) is -3.87. The second kappa shape index (κ2) is 3.81. The van der Waals surface area contributed by atoms with E-state index in [9.17, 15) is 13.6 Å². The summed E-state index contributed by atoms with van der Waals surface area (Å²) in [6, 6.07) is 0. The van der Waals surface area contributed by atoms with Gasteiger partial charge in [0.25, 0.3) is 0 Å². The summed E-state index contributed by atoms with van der Waals surface area (Å²) in [5, 5.41) is 10.3. The van der Waals surface area contributed by atoms with Gasteiger partial charge in [-0.2, -0.15) is 4.73 Å². The monoisotopic (exact) mass is 238 g/mol. The standard InChI is InChI=1S/C8H6N4O3S/c13-12-4-3-11-8(6-12)16(14,15)7-5-9-1-2-10-7/h1-6H. The summed E-state index contributed by atoms with van der Waals surface area (Å²) in [6.07, 6.45) is 6.77. The third-order valence-electron chi connectivity index (χ3n) is 1.74. The largest absolute Gasteiger partial charge is 0.619 e. The lowest BCUT2D eigenvalue weighted by atomic mass is 10.8. The number of nitrogens with zero attached hydrogens (tertiary/aromatic N) is 4. The van der Waals surface area contributed by atoms with Crippen molar-refractivity contribution in [2.45, 2.75) is 10.1 Å². The first-order valence-electron chi connectivity index (χ1n) is 4.16. The Morgan fingerprint density at radius 3 is 2.50 bits per heavy atom. The smallest absolute Gasteiger partial charge is 0.248 e. The fourth-order valence-corrected chi connectivity index (χ4v) is 2.08. The summed E-state index contributed by atoms with van der Waals surface area (Å²) in [5.41, 5.74) is 0. The van der Waals surface area contributed by atoms with Crippen LogP contribution in [0.5, 0.6) is 0 Å². The summed E-state index contributed by atoms with van der Waals surface area (Å²) < 4.78 is 24.1. The van der Waals surface area contributed by atoms with Crippen LogP contribution in [-0.4, -0.2) is 23.4 Å². The zero-order valence-electron chi connectivity index (χ0n) is 7.89. The van der Waals surface area contributed by atoms with E-state index < -0.39 is 9.84 Å². The van der Waals surface area contributed by atoms with E-state index in [1.54, 1.807) is 0 Å². The first kappa shape index (κ1) is 10.4. The maximum atomic E-state index is 11.9. The molecule has 2 aromatic heterocycles. The number of rotatable bonds is 2. The van der Waals surface area contributed by atoms with E-state index in [1.807, 2.05) is 0 Å². The van der Waals surface area contributed by atoms with Crippen LogP contribution in [-0.2, 0) is 9.84 Å². The first-order valence-corrected chi connectivity index (χ1v) is 5.65. The molecule has 2 aromatic rings. The van der Waals surface area contributed by atoms with Gasteiger partial charge in [0.1, 0.15) is 0 Å². The van der Waals surface area contributed by atoms with Gasteiger partial charge in [-0.3, -0.25) is 4.98 Å². The lowest BCUT2D eigenvalue weighted by Crippen LogP contribution is -2.26. The SMILES string of the molecule is O=S(=O)(c1cnccn1)c1c[n+]([O-])ccn1. The molecule has 0 aromatic carbocycles. The Bertz CT molecular complexity index is 600. The molecule has 2 rings (SSSR count). The Balaban J connectivity index is 2.56.